The van der Waals surface area contributed by atoms with Crippen molar-refractivity contribution in [1.29, 1.82) is 0 Å². The lowest BCUT2D eigenvalue weighted by molar-refractivity contribution is -0.127. The van der Waals surface area contributed by atoms with Gasteiger partial charge in [0.25, 0.3) is 0 Å². The molecule has 0 bridgehead atoms. The first-order valence-corrected chi connectivity index (χ1v) is 13.8. The van der Waals surface area contributed by atoms with E-state index >= 15 is 0 Å². The van der Waals surface area contributed by atoms with Crippen molar-refractivity contribution in [3.05, 3.63) is 82.8 Å². The monoisotopic (exact) mass is 473 g/mol. The Labute approximate surface area is 205 Å². The number of carbonyl (C=O) groups excluding carboxylic acids is 1. The first kappa shape index (κ1) is 22.5. The largest absolute Gasteiger partial charge is 0.352 e. The van der Waals surface area contributed by atoms with Gasteiger partial charge < -0.3 is 5.32 Å². The molecular weight excluding hydrogens is 442 g/mol. The van der Waals surface area contributed by atoms with Gasteiger partial charge in [0.15, 0.2) is 0 Å². The first-order chi connectivity index (χ1) is 16.3. The fourth-order valence-electron chi connectivity index (χ4n) is 4.52. The number of amides is 1. The van der Waals surface area contributed by atoms with Crippen LogP contribution in [-0.4, -0.2) is 11.2 Å². The highest BCUT2D eigenvalue weighted by Gasteiger charge is 2.25. The van der Waals surface area contributed by atoms with Crippen molar-refractivity contribution in [3.8, 4) is 0 Å². The van der Waals surface area contributed by atoms with Crippen molar-refractivity contribution >= 4 is 45.2 Å². The van der Waals surface area contributed by atoms with Gasteiger partial charge in [-0.15, -0.1) is 23.1 Å². The molecule has 0 aliphatic heterocycles. The molecule has 3 aromatic rings. The van der Waals surface area contributed by atoms with Crippen LogP contribution < -0.4 is 5.32 Å². The van der Waals surface area contributed by atoms with Crippen LogP contribution in [0.15, 0.2) is 71.7 Å². The average molecular weight is 474 g/mol. The number of hydrogen-bond acceptors (Lipinski definition) is 3. The van der Waals surface area contributed by atoms with Gasteiger partial charge in [0, 0.05) is 38.6 Å². The predicted octanol–water partition coefficient (Wildman–Crippen LogP) is 7.77. The highest BCUT2D eigenvalue weighted by Crippen LogP contribution is 2.37. The van der Waals surface area contributed by atoms with Crippen LogP contribution in [0.4, 0.5) is 0 Å². The Bertz CT molecular complexity index is 1160. The van der Waals surface area contributed by atoms with Crippen LogP contribution in [0, 0.1) is 5.92 Å². The second-order valence-corrected chi connectivity index (χ2v) is 11.5. The van der Waals surface area contributed by atoms with Gasteiger partial charge in [-0.05, 0) is 66.8 Å². The normalized spacial score (nSPS) is 18.6. The Morgan fingerprint density at radius 1 is 1.09 bits per heavy atom. The molecular formula is C29H31NOS2. The van der Waals surface area contributed by atoms with Gasteiger partial charge >= 0.3 is 0 Å². The summed E-state index contributed by atoms with van der Waals surface area (Å²) in [6, 6.07) is 17.3. The van der Waals surface area contributed by atoms with E-state index in [0.29, 0.717) is 11.8 Å². The molecule has 2 aliphatic rings. The molecule has 1 saturated carbocycles. The minimum Gasteiger partial charge on any atom is -0.352 e. The summed E-state index contributed by atoms with van der Waals surface area (Å²) in [6.07, 6.45) is 17.0. The molecule has 5 rings (SSSR count). The maximum atomic E-state index is 12.6. The topological polar surface area (TPSA) is 29.1 Å². The number of carbonyl (C=O) groups is 1. The zero-order valence-corrected chi connectivity index (χ0v) is 20.6. The van der Waals surface area contributed by atoms with Gasteiger partial charge in [0.05, 0.1) is 0 Å². The Kier molecular flexibility index (Phi) is 7.33. The molecule has 1 unspecified atom stereocenters. The van der Waals surface area contributed by atoms with Crippen LogP contribution in [0.25, 0.3) is 16.2 Å². The van der Waals surface area contributed by atoms with Gasteiger partial charge in [-0.2, -0.15) is 0 Å². The third kappa shape index (κ3) is 5.62. The zero-order valence-electron chi connectivity index (χ0n) is 19.0. The van der Waals surface area contributed by atoms with Gasteiger partial charge in [0.2, 0.25) is 5.91 Å². The lowest BCUT2D eigenvalue weighted by Crippen LogP contribution is -2.34. The summed E-state index contributed by atoms with van der Waals surface area (Å²) in [5.74, 6) is 0.449. The maximum Gasteiger partial charge on any atom is 0.223 e. The lowest BCUT2D eigenvalue weighted by Gasteiger charge is -2.24. The number of fused-ring (bicyclic) bond motifs is 1. The fraction of sp³-hybridized carbons (Fsp3) is 0.345. The van der Waals surface area contributed by atoms with Crippen LogP contribution >= 0.6 is 23.1 Å². The maximum absolute atomic E-state index is 12.6. The lowest BCUT2D eigenvalue weighted by atomic mass is 9.85. The number of nitrogens with one attached hydrogen (secondary N) is 1. The molecule has 2 aliphatic carbocycles. The van der Waals surface area contributed by atoms with E-state index in [-0.39, 0.29) is 11.8 Å². The molecule has 4 heteroatoms. The van der Waals surface area contributed by atoms with E-state index < -0.39 is 0 Å². The molecule has 170 valence electrons. The van der Waals surface area contributed by atoms with E-state index in [1.54, 1.807) is 0 Å². The fourth-order valence-corrected chi connectivity index (χ4v) is 6.86. The highest BCUT2D eigenvalue weighted by atomic mass is 32.2. The second kappa shape index (κ2) is 10.8. The molecule has 0 radical (unpaired) electrons. The number of benzene rings is 2. The van der Waals surface area contributed by atoms with Crippen LogP contribution in [0.3, 0.4) is 0 Å². The Morgan fingerprint density at radius 3 is 2.73 bits per heavy atom. The van der Waals surface area contributed by atoms with E-state index in [9.17, 15) is 4.79 Å². The molecule has 1 aromatic heterocycles. The summed E-state index contributed by atoms with van der Waals surface area (Å²) < 4.78 is 1.31. The molecule has 2 aromatic carbocycles. The van der Waals surface area contributed by atoms with Crippen molar-refractivity contribution in [2.45, 2.75) is 61.6 Å². The van der Waals surface area contributed by atoms with Crippen molar-refractivity contribution < 1.29 is 4.79 Å². The van der Waals surface area contributed by atoms with Gasteiger partial charge in [-0.3, -0.25) is 4.79 Å². The summed E-state index contributed by atoms with van der Waals surface area (Å²) in [7, 11) is 0. The smallest absolute Gasteiger partial charge is 0.223 e. The molecule has 1 heterocycles. The molecule has 0 spiro atoms. The Morgan fingerprint density at radius 2 is 1.97 bits per heavy atom. The molecule has 1 amide bonds. The van der Waals surface area contributed by atoms with Crippen molar-refractivity contribution in [2.24, 2.45) is 5.92 Å². The van der Waals surface area contributed by atoms with E-state index in [1.165, 1.54) is 56.7 Å². The molecule has 1 N–H and O–H groups in total. The number of thioether (sulfide) groups is 1. The average Bonchev–Trinajstić information content (AvgIpc) is 3.14. The number of allylic oxidation sites excluding steroid dienone is 2. The number of thiophene rings is 1. The van der Waals surface area contributed by atoms with Gasteiger partial charge in [-0.1, -0.05) is 61.1 Å². The molecule has 2 nitrogen and oxygen atoms in total. The van der Waals surface area contributed by atoms with Crippen LogP contribution in [0.1, 0.15) is 54.5 Å². The van der Waals surface area contributed by atoms with Crippen LogP contribution in [-0.2, 0) is 17.8 Å². The summed E-state index contributed by atoms with van der Waals surface area (Å²) in [4.78, 5) is 15.2. The van der Waals surface area contributed by atoms with E-state index in [0.717, 1.165) is 19.3 Å². The van der Waals surface area contributed by atoms with E-state index in [1.807, 2.05) is 29.2 Å². The SMILES string of the molecule is O=C(NCc1c(CC=Cc2ccccc2)sc2ccc(SC3C=CCCC3)cc12)C1CCC1. The Balaban J connectivity index is 1.39. The van der Waals surface area contributed by atoms with E-state index in [2.05, 4.69) is 72.1 Å². The van der Waals surface area contributed by atoms with E-state index in [4.69, 9.17) is 0 Å². The van der Waals surface area contributed by atoms with Crippen molar-refractivity contribution in [1.82, 2.24) is 5.32 Å². The minimum absolute atomic E-state index is 0.223. The standard InChI is InChI=1S/C29H31NOS2/c31-29(22-12-8-13-22)30-20-26-25-19-24(32-23-14-5-2-6-15-23)17-18-28(25)33-27(26)16-7-11-21-9-3-1-4-10-21/h1,3-5,7,9-11,14,17-19,22-23H,2,6,8,12-13,15-16,20H2,(H,30,31). The summed E-state index contributed by atoms with van der Waals surface area (Å²) in [5.41, 5.74) is 2.51. The van der Waals surface area contributed by atoms with Crippen LogP contribution in [0.2, 0.25) is 0 Å². The number of hydrogen-bond donors (Lipinski definition) is 1. The summed E-state index contributed by atoms with van der Waals surface area (Å²) >= 11 is 3.84. The molecule has 0 saturated heterocycles. The van der Waals surface area contributed by atoms with Crippen molar-refractivity contribution in [2.75, 3.05) is 0 Å². The highest BCUT2D eigenvalue weighted by molar-refractivity contribution is 8.00. The first-order valence-electron chi connectivity index (χ1n) is 12.1. The third-order valence-electron chi connectivity index (χ3n) is 6.67. The Hall–Kier alpha value is -2.30. The van der Waals surface area contributed by atoms with Crippen LogP contribution in [0.5, 0.6) is 0 Å². The minimum atomic E-state index is 0.223. The summed E-state index contributed by atoms with van der Waals surface area (Å²) in [5, 5.41) is 5.14. The van der Waals surface area contributed by atoms with Crippen molar-refractivity contribution in [3.63, 3.8) is 0 Å². The quantitative estimate of drug-likeness (QED) is 0.339. The van der Waals surface area contributed by atoms with Gasteiger partial charge in [-0.25, -0.2) is 0 Å². The molecule has 1 atom stereocenters. The second-order valence-electron chi connectivity index (χ2n) is 9.04. The molecule has 33 heavy (non-hydrogen) atoms. The number of rotatable bonds is 8. The third-order valence-corrected chi connectivity index (χ3v) is 9.13. The molecule has 1 fully saturated rings. The zero-order chi connectivity index (χ0) is 22.5. The predicted molar refractivity (Wildman–Crippen MR) is 143 cm³/mol. The van der Waals surface area contributed by atoms with Gasteiger partial charge in [0.1, 0.15) is 0 Å². The summed E-state index contributed by atoms with van der Waals surface area (Å²) in [6.45, 7) is 0.626.